The molecule has 0 unspecified atom stereocenters. The van der Waals surface area contributed by atoms with E-state index in [0.717, 1.165) is 0 Å². The summed E-state index contributed by atoms with van der Waals surface area (Å²) in [6, 6.07) is 0. The Hall–Kier alpha value is -0.160. The molecule has 44 valence electrons. The maximum Gasteiger partial charge on any atom is 0.00147 e. The number of hydrogen-bond acceptors (Lipinski definition) is 4. The highest BCUT2D eigenvalue weighted by Gasteiger charge is 1.85. The molecule has 0 bridgehead atoms. The van der Waals surface area contributed by atoms with Gasteiger partial charge in [0.2, 0.25) is 0 Å². The average molecular weight is 104 g/mol. The Morgan fingerprint density at radius 3 is 1.14 bits per heavy atom. The number of rotatable bonds is 3. The van der Waals surface area contributed by atoms with Crippen LogP contribution in [0, 0.1) is 0 Å². The molecule has 0 saturated heterocycles. The van der Waals surface area contributed by atoms with Crippen molar-refractivity contribution in [3.63, 3.8) is 0 Å². The molecule has 4 nitrogen and oxygen atoms in total. The van der Waals surface area contributed by atoms with Gasteiger partial charge in [0.25, 0.3) is 0 Å². The number of nitrogens with zero attached hydrogens (tertiary/aromatic N) is 1. The minimum atomic E-state index is 1.62. The van der Waals surface area contributed by atoms with Crippen LogP contribution < -0.4 is 16.3 Å². The molecule has 7 heavy (non-hydrogen) atoms. The van der Waals surface area contributed by atoms with Crippen LogP contribution in [0.3, 0.4) is 0 Å². The van der Waals surface area contributed by atoms with Gasteiger partial charge in [0.15, 0.2) is 0 Å². The van der Waals surface area contributed by atoms with Crippen molar-refractivity contribution in [1.29, 1.82) is 0 Å². The molecular weight excluding hydrogens is 92.1 g/mol. The zero-order valence-electron chi connectivity index (χ0n) is 4.95. The maximum absolute atomic E-state index is 2.81. The summed E-state index contributed by atoms with van der Waals surface area (Å²) >= 11 is 0. The van der Waals surface area contributed by atoms with Crippen molar-refractivity contribution in [2.45, 2.75) is 0 Å². The predicted octanol–water partition coefficient (Wildman–Crippen LogP) is -1.31. The first-order valence-electron chi connectivity index (χ1n) is 2.17. The van der Waals surface area contributed by atoms with Crippen molar-refractivity contribution in [3.8, 4) is 0 Å². The summed E-state index contributed by atoms with van der Waals surface area (Å²) in [4.78, 5) is 0. The van der Waals surface area contributed by atoms with Crippen molar-refractivity contribution in [1.82, 2.24) is 21.5 Å². The third kappa shape index (κ3) is 2.52. The SMILES string of the molecule is CNN(NC)NC. The lowest BCUT2D eigenvalue weighted by atomic mass is 11.4. The van der Waals surface area contributed by atoms with Gasteiger partial charge >= 0.3 is 0 Å². The molecular formula is C3H12N4. The number of hydrazine groups is 3. The summed E-state index contributed by atoms with van der Waals surface area (Å²) in [6.07, 6.45) is 0. The Morgan fingerprint density at radius 1 is 0.857 bits per heavy atom. The summed E-state index contributed by atoms with van der Waals surface area (Å²) in [5.41, 5.74) is 8.44. The van der Waals surface area contributed by atoms with Gasteiger partial charge in [0, 0.05) is 21.1 Å². The lowest BCUT2D eigenvalue weighted by Crippen LogP contribution is -2.51. The van der Waals surface area contributed by atoms with Gasteiger partial charge in [-0.2, -0.15) is 0 Å². The molecule has 0 saturated carbocycles. The van der Waals surface area contributed by atoms with E-state index in [1.54, 1.807) is 5.23 Å². The second-order valence-corrected chi connectivity index (χ2v) is 1.01. The van der Waals surface area contributed by atoms with Crippen LogP contribution in [0.5, 0.6) is 0 Å². The van der Waals surface area contributed by atoms with E-state index in [2.05, 4.69) is 16.3 Å². The summed E-state index contributed by atoms with van der Waals surface area (Å²) in [6.45, 7) is 0. The predicted molar refractivity (Wildman–Crippen MR) is 29.0 cm³/mol. The van der Waals surface area contributed by atoms with Crippen LogP contribution >= 0.6 is 0 Å². The van der Waals surface area contributed by atoms with Crippen LogP contribution in [0.4, 0.5) is 0 Å². The van der Waals surface area contributed by atoms with Crippen LogP contribution in [0.1, 0.15) is 0 Å². The molecule has 0 aromatic carbocycles. The molecule has 0 aliphatic rings. The highest BCUT2D eigenvalue weighted by Crippen LogP contribution is 1.52. The van der Waals surface area contributed by atoms with Crippen molar-refractivity contribution >= 4 is 0 Å². The van der Waals surface area contributed by atoms with Crippen LogP contribution in [0.15, 0.2) is 0 Å². The van der Waals surface area contributed by atoms with E-state index in [4.69, 9.17) is 0 Å². The Labute approximate surface area is 43.8 Å². The third-order valence-electron chi connectivity index (χ3n) is 0.671. The fraction of sp³-hybridized carbons (Fsp3) is 1.00. The normalized spacial score (nSPS) is 10.3. The van der Waals surface area contributed by atoms with E-state index in [1.165, 1.54) is 0 Å². The smallest absolute Gasteiger partial charge is 0.00147 e. The molecule has 0 atom stereocenters. The molecule has 0 heterocycles. The zero-order chi connectivity index (χ0) is 5.70. The van der Waals surface area contributed by atoms with Gasteiger partial charge in [-0.25, -0.2) is 16.3 Å². The van der Waals surface area contributed by atoms with E-state index < -0.39 is 0 Å². The van der Waals surface area contributed by atoms with E-state index in [-0.39, 0.29) is 0 Å². The van der Waals surface area contributed by atoms with Gasteiger partial charge in [-0.05, 0) is 0 Å². The maximum atomic E-state index is 2.81. The quantitative estimate of drug-likeness (QED) is 0.389. The molecule has 0 aromatic rings. The lowest BCUT2D eigenvalue weighted by Gasteiger charge is -2.16. The molecule has 0 fully saturated rings. The van der Waals surface area contributed by atoms with Crippen molar-refractivity contribution in [2.24, 2.45) is 0 Å². The second-order valence-electron chi connectivity index (χ2n) is 1.01. The Bertz CT molecular complexity index is 28.4. The van der Waals surface area contributed by atoms with Gasteiger partial charge in [0.1, 0.15) is 0 Å². The molecule has 4 heteroatoms. The largest absolute Gasteiger partial charge is 0.230 e. The minimum absolute atomic E-state index is 1.62. The highest BCUT2D eigenvalue weighted by atomic mass is 15.9. The average Bonchev–Trinajstić information content (AvgIpc) is 1.72. The highest BCUT2D eigenvalue weighted by molar-refractivity contribution is 4.17. The first-order valence-corrected chi connectivity index (χ1v) is 2.17. The molecule has 0 spiro atoms. The van der Waals surface area contributed by atoms with Gasteiger partial charge in [-0.3, -0.25) is 0 Å². The van der Waals surface area contributed by atoms with Crippen LogP contribution in [-0.4, -0.2) is 26.4 Å². The zero-order valence-corrected chi connectivity index (χ0v) is 4.95. The first kappa shape index (κ1) is 6.84. The summed E-state index contributed by atoms with van der Waals surface area (Å²) in [5.74, 6) is 0. The Balaban J connectivity index is 2.99. The van der Waals surface area contributed by atoms with E-state index in [9.17, 15) is 0 Å². The standard InChI is InChI=1S/C3H12N4/c1-4-7(5-2)6-3/h4-6H,1-3H3. The summed E-state index contributed by atoms with van der Waals surface area (Å²) < 4.78 is 0. The second kappa shape index (κ2) is 4.01. The summed E-state index contributed by atoms with van der Waals surface area (Å²) in [7, 11) is 5.44. The van der Waals surface area contributed by atoms with E-state index >= 15 is 0 Å². The molecule has 0 aliphatic carbocycles. The van der Waals surface area contributed by atoms with Crippen molar-refractivity contribution in [3.05, 3.63) is 0 Å². The molecule has 0 amide bonds. The van der Waals surface area contributed by atoms with Crippen LogP contribution in [0.25, 0.3) is 0 Å². The van der Waals surface area contributed by atoms with Gasteiger partial charge < -0.3 is 0 Å². The molecule has 3 N–H and O–H groups in total. The summed E-state index contributed by atoms with van der Waals surface area (Å²) in [5, 5.41) is 1.62. The third-order valence-corrected chi connectivity index (χ3v) is 0.671. The van der Waals surface area contributed by atoms with Crippen LogP contribution in [-0.2, 0) is 0 Å². The van der Waals surface area contributed by atoms with Gasteiger partial charge in [-0.15, -0.1) is 5.23 Å². The van der Waals surface area contributed by atoms with E-state index in [0.29, 0.717) is 0 Å². The number of nitrogens with one attached hydrogen (secondary N) is 3. The molecule has 0 rings (SSSR count). The monoisotopic (exact) mass is 104 g/mol. The minimum Gasteiger partial charge on any atom is -0.230 e. The first-order chi connectivity index (χ1) is 3.35. The fourth-order valence-corrected chi connectivity index (χ4v) is 0.335. The topological polar surface area (TPSA) is 39.3 Å². The Kier molecular flexibility index (Phi) is 3.92. The molecule has 0 aromatic heterocycles. The van der Waals surface area contributed by atoms with Crippen molar-refractivity contribution < 1.29 is 0 Å². The fourth-order valence-electron chi connectivity index (χ4n) is 0.335. The van der Waals surface area contributed by atoms with Crippen molar-refractivity contribution in [2.75, 3.05) is 21.1 Å². The van der Waals surface area contributed by atoms with Gasteiger partial charge in [-0.1, -0.05) is 0 Å². The Morgan fingerprint density at radius 2 is 1.14 bits per heavy atom. The van der Waals surface area contributed by atoms with E-state index in [1.807, 2.05) is 21.1 Å². The molecule has 0 radical (unpaired) electrons. The lowest BCUT2D eigenvalue weighted by molar-refractivity contribution is 0.0873. The van der Waals surface area contributed by atoms with Crippen LogP contribution in [0.2, 0.25) is 0 Å². The van der Waals surface area contributed by atoms with Gasteiger partial charge in [0.05, 0.1) is 0 Å². The molecule has 0 aliphatic heterocycles. The number of hydrogen-bond donors (Lipinski definition) is 3.